The first-order valence-corrected chi connectivity index (χ1v) is 4.70. The number of thiol groups is 1. The summed E-state index contributed by atoms with van der Waals surface area (Å²) in [4.78, 5) is 16.8. The van der Waals surface area contributed by atoms with Crippen LogP contribution in [-0.2, 0) is 7.05 Å². The molecule has 0 saturated carbocycles. The van der Waals surface area contributed by atoms with Crippen molar-refractivity contribution in [3.8, 4) is 0 Å². The van der Waals surface area contributed by atoms with Crippen molar-refractivity contribution < 1.29 is 0 Å². The molecule has 0 radical (unpaired) electrons. The lowest BCUT2D eigenvalue weighted by atomic mass is 10.1. The molecule has 0 aliphatic heterocycles. The summed E-state index contributed by atoms with van der Waals surface area (Å²) in [5.41, 5.74) is 1.59. The van der Waals surface area contributed by atoms with Gasteiger partial charge in [-0.05, 0) is 24.6 Å². The van der Waals surface area contributed by atoms with Crippen molar-refractivity contribution >= 4 is 23.5 Å². The van der Waals surface area contributed by atoms with Gasteiger partial charge in [0.1, 0.15) is 0 Å². The molecule has 0 aliphatic carbocycles. The summed E-state index contributed by atoms with van der Waals surface area (Å²) < 4.78 is 1.47. The Morgan fingerprint density at radius 1 is 1.43 bits per heavy atom. The zero-order valence-electron chi connectivity index (χ0n) is 7.98. The monoisotopic (exact) mass is 206 g/mol. The Morgan fingerprint density at radius 3 is 2.86 bits per heavy atom. The molecule has 0 fully saturated rings. The fourth-order valence-corrected chi connectivity index (χ4v) is 1.63. The van der Waals surface area contributed by atoms with E-state index in [0.717, 1.165) is 16.0 Å². The molecule has 3 nitrogen and oxygen atoms in total. The lowest BCUT2D eigenvalue weighted by Crippen LogP contribution is -2.17. The first-order valence-electron chi connectivity index (χ1n) is 4.25. The second-order valence-corrected chi connectivity index (χ2v) is 3.75. The zero-order chi connectivity index (χ0) is 10.3. The molecular weight excluding hydrogens is 196 g/mol. The number of aryl methyl sites for hydroxylation is 2. The van der Waals surface area contributed by atoms with Crippen LogP contribution in [0.3, 0.4) is 0 Å². The number of fused-ring (bicyclic) bond motifs is 1. The molecule has 0 N–H and O–H groups in total. The minimum Gasteiger partial charge on any atom is -0.302 e. The molecule has 4 heteroatoms. The molecule has 1 aromatic carbocycles. The highest BCUT2D eigenvalue weighted by atomic mass is 32.1. The summed E-state index contributed by atoms with van der Waals surface area (Å²) in [5.74, 6) is 0. The average Bonchev–Trinajstić information content (AvgIpc) is 2.17. The predicted octanol–water partition coefficient (Wildman–Crippen LogP) is 1.53. The van der Waals surface area contributed by atoms with E-state index in [1.54, 1.807) is 7.05 Å². The SMILES string of the molecule is Cc1c(S)ccc2ncn(C)c(=O)c12. The molecule has 0 atom stereocenters. The molecule has 0 spiro atoms. The maximum atomic E-state index is 11.8. The van der Waals surface area contributed by atoms with Crippen LogP contribution in [0.1, 0.15) is 5.56 Å². The van der Waals surface area contributed by atoms with Gasteiger partial charge in [-0.2, -0.15) is 0 Å². The van der Waals surface area contributed by atoms with Crippen molar-refractivity contribution in [2.45, 2.75) is 11.8 Å². The number of rotatable bonds is 0. The highest BCUT2D eigenvalue weighted by Gasteiger charge is 2.06. The summed E-state index contributed by atoms with van der Waals surface area (Å²) >= 11 is 4.28. The number of nitrogens with zero attached hydrogens (tertiary/aromatic N) is 2. The van der Waals surface area contributed by atoms with Crippen LogP contribution in [0.25, 0.3) is 10.9 Å². The smallest absolute Gasteiger partial charge is 0.261 e. The largest absolute Gasteiger partial charge is 0.302 e. The van der Waals surface area contributed by atoms with Crippen LogP contribution in [0, 0.1) is 6.92 Å². The highest BCUT2D eigenvalue weighted by molar-refractivity contribution is 7.80. The van der Waals surface area contributed by atoms with E-state index in [1.165, 1.54) is 10.9 Å². The Morgan fingerprint density at radius 2 is 2.14 bits per heavy atom. The molecule has 0 amide bonds. The Balaban J connectivity index is 3.06. The number of hydrogen-bond acceptors (Lipinski definition) is 3. The van der Waals surface area contributed by atoms with Gasteiger partial charge in [0.2, 0.25) is 0 Å². The first kappa shape index (κ1) is 9.27. The summed E-state index contributed by atoms with van der Waals surface area (Å²) in [7, 11) is 1.69. The van der Waals surface area contributed by atoms with Gasteiger partial charge in [0, 0.05) is 11.9 Å². The molecule has 0 aliphatic rings. The second-order valence-electron chi connectivity index (χ2n) is 3.26. The maximum absolute atomic E-state index is 11.8. The Hall–Kier alpha value is -1.29. The van der Waals surface area contributed by atoms with Gasteiger partial charge in [-0.3, -0.25) is 4.79 Å². The molecule has 72 valence electrons. The second kappa shape index (κ2) is 3.13. The quantitative estimate of drug-likeness (QED) is 0.663. The third-order valence-corrected chi connectivity index (χ3v) is 2.80. The van der Waals surface area contributed by atoms with Crippen molar-refractivity contribution in [2.75, 3.05) is 0 Å². The maximum Gasteiger partial charge on any atom is 0.261 e. The van der Waals surface area contributed by atoms with E-state index in [4.69, 9.17) is 0 Å². The Bertz CT molecular complexity index is 555. The average molecular weight is 206 g/mol. The third-order valence-electron chi connectivity index (χ3n) is 2.32. The van der Waals surface area contributed by atoms with Gasteiger partial charge in [0.25, 0.3) is 5.56 Å². The number of hydrogen-bond donors (Lipinski definition) is 1. The normalized spacial score (nSPS) is 10.8. The molecular formula is C10H10N2OS. The summed E-state index contributed by atoms with van der Waals surface area (Å²) in [5, 5.41) is 0.655. The lowest BCUT2D eigenvalue weighted by molar-refractivity contribution is 0.841. The fraction of sp³-hybridized carbons (Fsp3) is 0.200. The third kappa shape index (κ3) is 1.23. The summed E-state index contributed by atoms with van der Waals surface area (Å²) in [6.45, 7) is 1.88. The van der Waals surface area contributed by atoms with Gasteiger partial charge in [0.05, 0.1) is 17.2 Å². The van der Waals surface area contributed by atoms with E-state index < -0.39 is 0 Å². The predicted molar refractivity (Wildman–Crippen MR) is 59.0 cm³/mol. The minimum atomic E-state index is -0.0246. The number of aromatic nitrogens is 2. The van der Waals surface area contributed by atoms with E-state index in [0.29, 0.717) is 5.39 Å². The van der Waals surface area contributed by atoms with E-state index in [9.17, 15) is 4.79 Å². The van der Waals surface area contributed by atoms with E-state index >= 15 is 0 Å². The molecule has 2 aromatic rings. The van der Waals surface area contributed by atoms with Gasteiger partial charge in [-0.25, -0.2) is 4.98 Å². The van der Waals surface area contributed by atoms with E-state index in [-0.39, 0.29) is 5.56 Å². The molecule has 2 rings (SSSR count). The van der Waals surface area contributed by atoms with Gasteiger partial charge < -0.3 is 4.57 Å². The van der Waals surface area contributed by atoms with E-state index in [1.807, 2.05) is 19.1 Å². The summed E-state index contributed by atoms with van der Waals surface area (Å²) in [6, 6.07) is 3.67. The molecule has 0 unspecified atom stereocenters. The van der Waals surface area contributed by atoms with Crippen LogP contribution >= 0.6 is 12.6 Å². The van der Waals surface area contributed by atoms with Gasteiger partial charge in [0.15, 0.2) is 0 Å². The molecule has 1 aromatic heterocycles. The van der Waals surface area contributed by atoms with Crippen LogP contribution in [-0.4, -0.2) is 9.55 Å². The van der Waals surface area contributed by atoms with Gasteiger partial charge >= 0.3 is 0 Å². The highest BCUT2D eigenvalue weighted by Crippen LogP contribution is 2.19. The van der Waals surface area contributed by atoms with Gasteiger partial charge in [-0.15, -0.1) is 12.6 Å². The van der Waals surface area contributed by atoms with Gasteiger partial charge in [-0.1, -0.05) is 0 Å². The van der Waals surface area contributed by atoms with Crippen molar-refractivity contribution in [1.29, 1.82) is 0 Å². The molecule has 14 heavy (non-hydrogen) atoms. The lowest BCUT2D eigenvalue weighted by Gasteiger charge is -2.04. The van der Waals surface area contributed by atoms with Crippen LogP contribution in [0.2, 0.25) is 0 Å². The fourth-order valence-electron chi connectivity index (χ4n) is 1.44. The minimum absolute atomic E-state index is 0.0246. The Labute approximate surface area is 86.8 Å². The van der Waals surface area contributed by atoms with Crippen molar-refractivity contribution in [1.82, 2.24) is 9.55 Å². The molecule has 0 saturated heterocycles. The number of benzene rings is 1. The van der Waals surface area contributed by atoms with E-state index in [2.05, 4.69) is 17.6 Å². The van der Waals surface area contributed by atoms with Crippen LogP contribution in [0.15, 0.2) is 28.2 Å². The topological polar surface area (TPSA) is 34.9 Å². The van der Waals surface area contributed by atoms with Crippen molar-refractivity contribution in [3.05, 3.63) is 34.4 Å². The molecule has 0 bridgehead atoms. The van der Waals surface area contributed by atoms with Crippen LogP contribution in [0.5, 0.6) is 0 Å². The zero-order valence-corrected chi connectivity index (χ0v) is 8.88. The molecule has 1 heterocycles. The van der Waals surface area contributed by atoms with Crippen molar-refractivity contribution in [3.63, 3.8) is 0 Å². The first-order chi connectivity index (χ1) is 6.61. The summed E-state index contributed by atoms with van der Waals surface area (Å²) in [6.07, 6.45) is 1.53. The van der Waals surface area contributed by atoms with Crippen molar-refractivity contribution in [2.24, 2.45) is 7.05 Å². The van der Waals surface area contributed by atoms with Crippen LogP contribution < -0.4 is 5.56 Å². The standard InChI is InChI=1S/C10H10N2OS/c1-6-8(14)4-3-7-9(6)10(13)12(2)5-11-7/h3-5,14H,1-2H3. The van der Waals surface area contributed by atoms with Crippen LogP contribution in [0.4, 0.5) is 0 Å². The Kier molecular flexibility index (Phi) is 2.07.